The number of rotatable bonds is 3. The van der Waals surface area contributed by atoms with Gasteiger partial charge in [0.2, 0.25) is 0 Å². The average molecular weight is 190 g/mol. The quantitative estimate of drug-likeness (QED) is 0.776. The summed E-state index contributed by atoms with van der Waals surface area (Å²) in [6, 6.07) is 6.36. The minimum Gasteiger partial charge on any atom is -0.392 e. The van der Waals surface area contributed by atoms with Crippen molar-refractivity contribution in [1.29, 1.82) is 0 Å². The van der Waals surface area contributed by atoms with Crippen LogP contribution in [0, 0.1) is 13.8 Å². The lowest BCUT2D eigenvalue weighted by Gasteiger charge is -2.03. The van der Waals surface area contributed by atoms with Crippen molar-refractivity contribution in [3.8, 4) is 0 Å². The number of hydrogen-bond acceptors (Lipinski definition) is 1. The van der Waals surface area contributed by atoms with Crippen LogP contribution in [0.15, 0.2) is 23.8 Å². The number of aliphatic hydroxyl groups is 1. The second-order valence-corrected chi connectivity index (χ2v) is 3.66. The third kappa shape index (κ3) is 2.71. The van der Waals surface area contributed by atoms with Gasteiger partial charge in [0.25, 0.3) is 0 Å². The standard InChI is InChI=1S/C13H18O/c1-4-12(9-14)8-13-6-5-10(2)11(3)7-13/h5-8,14H,4,9H2,1-3H3. The van der Waals surface area contributed by atoms with Crippen LogP contribution in [0.1, 0.15) is 30.0 Å². The van der Waals surface area contributed by atoms with E-state index in [9.17, 15) is 0 Å². The van der Waals surface area contributed by atoms with Crippen molar-refractivity contribution in [2.24, 2.45) is 0 Å². The highest BCUT2D eigenvalue weighted by molar-refractivity contribution is 5.54. The number of aryl methyl sites for hydroxylation is 2. The van der Waals surface area contributed by atoms with Gasteiger partial charge in [-0.25, -0.2) is 0 Å². The van der Waals surface area contributed by atoms with Gasteiger partial charge in [-0.15, -0.1) is 0 Å². The summed E-state index contributed by atoms with van der Waals surface area (Å²) >= 11 is 0. The van der Waals surface area contributed by atoms with Crippen LogP contribution in [-0.2, 0) is 0 Å². The summed E-state index contributed by atoms with van der Waals surface area (Å²) in [5, 5.41) is 9.04. The molecule has 1 N–H and O–H groups in total. The molecule has 76 valence electrons. The van der Waals surface area contributed by atoms with Gasteiger partial charge in [-0.3, -0.25) is 0 Å². The molecule has 0 aliphatic heterocycles. The Balaban J connectivity index is 2.97. The van der Waals surface area contributed by atoms with Crippen LogP contribution < -0.4 is 0 Å². The molecule has 0 spiro atoms. The zero-order valence-electron chi connectivity index (χ0n) is 9.17. The fraction of sp³-hybridized carbons (Fsp3) is 0.385. The molecule has 1 nitrogen and oxygen atoms in total. The second-order valence-electron chi connectivity index (χ2n) is 3.66. The van der Waals surface area contributed by atoms with Crippen molar-refractivity contribution in [2.45, 2.75) is 27.2 Å². The zero-order chi connectivity index (χ0) is 10.6. The third-order valence-corrected chi connectivity index (χ3v) is 2.56. The zero-order valence-corrected chi connectivity index (χ0v) is 9.17. The fourth-order valence-corrected chi connectivity index (χ4v) is 1.35. The van der Waals surface area contributed by atoms with E-state index in [2.05, 4.69) is 45.0 Å². The average Bonchev–Trinajstić information content (AvgIpc) is 2.19. The van der Waals surface area contributed by atoms with E-state index in [1.165, 1.54) is 16.7 Å². The number of benzene rings is 1. The van der Waals surface area contributed by atoms with Gasteiger partial charge in [-0.05, 0) is 42.5 Å². The molecular weight excluding hydrogens is 172 g/mol. The first kappa shape index (κ1) is 11.0. The largest absolute Gasteiger partial charge is 0.392 e. The summed E-state index contributed by atoms with van der Waals surface area (Å²) in [7, 11) is 0. The van der Waals surface area contributed by atoms with E-state index in [-0.39, 0.29) is 6.61 Å². The fourth-order valence-electron chi connectivity index (χ4n) is 1.35. The summed E-state index contributed by atoms with van der Waals surface area (Å²) in [6.07, 6.45) is 2.97. The first-order valence-electron chi connectivity index (χ1n) is 5.05. The van der Waals surface area contributed by atoms with E-state index in [0.29, 0.717) is 0 Å². The molecule has 1 rings (SSSR count). The highest BCUT2D eigenvalue weighted by atomic mass is 16.3. The lowest BCUT2D eigenvalue weighted by atomic mass is 10.0. The van der Waals surface area contributed by atoms with Gasteiger partial charge in [0.1, 0.15) is 0 Å². The highest BCUT2D eigenvalue weighted by Crippen LogP contribution is 2.14. The molecule has 0 bridgehead atoms. The molecule has 0 aliphatic rings. The van der Waals surface area contributed by atoms with E-state index in [4.69, 9.17) is 5.11 Å². The Bertz CT molecular complexity index is 331. The minimum absolute atomic E-state index is 0.156. The maximum absolute atomic E-state index is 9.04. The van der Waals surface area contributed by atoms with Crippen LogP contribution in [0.3, 0.4) is 0 Å². The Morgan fingerprint density at radius 1 is 1.29 bits per heavy atom. The SMILES string of the molecule is CCC(=Cc1ccc(C)c(C)c1)CO. The van der Waals surface area contributed by atoms with E-state index < -0.39 is 0 Å². The monoisotopic (exact) mass is 190 g/mol. The van der Waals surface area contributed by atoms with Gasteiger partial charge in [0, 0.05) is 0 Å². The van der Waals surface area contributed by atoms with Crippen LogP contribution >= 0.6 is 0 Å². The first-order chi connectivity index (χ1) is 6.67. The molecule has 14 heavy (non-hydrogen) atoms. The van der Waals surface area contributed by atoms with Gasteiger partial charge in [0.05, 0.1) is 6.61 Å². The molecule has 0 radical (unpaired) electrons. The van der Waals surface area contributed by atoms with Crippen LogP contribution in [-0.4, -0.2) is 11.7 Å². The minimum atomic E-state index is 0.156. The first-order valence-corrected chi connectivity index (χ1v) is 5.05. The molecule has 0 amide bonds. The second kappa shape index (κ2) is 4.97. The molecule has 1 heteroatoms. The highest BCUT2D eigenvalue weighted by Gasteiger charge is 1.96. The predicted octanol–water partition coefficient (Wildman–Crippen LogP) is 3.09. The molecular formula is C13H18O. The van der Waals surface area contributed by atoms with Crippen LogP contribution in [0.5, 0.6) is 0 Å². The molecule has 0 fully saturated rings. The van der Waals surface area contributed by atoms with Gasteiger partial charge >= 0.3 is 0 Å². The lowest BCUT2D eigenvalue weighted by molar-refractivity contribution is 0.329. The van der Waals surface area contributed by atoms with Crippen molar-refractivity contribution >= 4 is 6.08 Å². The van der Waals surface area contributed by atoms with E-state index in [1.807, 2.05) is 0 Å². The Morgan fingerprint density at radius 3 is 2.50 bits per heavy atom. The summed E-state index contributed by atoms with van der Waals surface area (Å²) < 4.78 is 0. The van der Waals surface area contributed by atoms with Crippen molar-refractivity contribution in [3.05, 3.63) is 40.5 Å². The normalized spacial score (nSPS) is 11.9. The Hall–Kier alpha value is -1.08. The summed E-state index contributed by atoms with van der Waals surface area (Å²) in [6.45, 7) is 6.43. The molecule has 0 unspecified atom stereocenters. The van der Waals surface area contributed by atoms with E-state index in [0.717, 1.165) is 12.0 Å². The van der Waals surface area contributed by atoms with Crippen LogP contribution in [0.25, 0.3) is 6.08 Å². The summed E-state index contributed by atoms with van der Waals surface area (Å²) in [5.74, 6) is 0. The number of hydrogen-bond donors (Lipinski definition) is 1. The molecule has 0 saturated heterocycles. The smallest absolute Gasteiger partial charge is 0.0644 e. The maximum atomic E-state index is 9.04. The molecule has 0 aliphatic carbocycles. The molecule has 0 saturated carbocycles. The van der Waals surface area contributed by atoms with E-state index >= 15 is 0 Å². The number of aliphatic hydroxyl groups excluding tert-OH is 1. The topological polar surface area (TPSA) is 20.2 Å². The third-order valence-electron chi connectivity index (χ3n) is 2.56. The molecule has 1 aromatic rings. The van der Waals surface area contributed by atoms with E-state index in [1.54, 1.807) is 0 Å². The summed E-state index contributed by atoms with van der Waals surface area (Å²) in [4.78, 5) is 0. The molecule has 0 aromatic heterocycles. The maximum Gasteiger partial charge on any atom is 0.0644 e. The van der Waals surface area contributed by atoms with Crippen molar-refractivity contribution in [3.63, 3.8) is 0 Å². The molecule has 0 heterocycles. The van der Waals surface area contributed by atoms with Crippen molar-refractivity contribution < 1.29 is 5.11 Å². The molecule has 1 aromatic carbocycles. The predicted molar refractivity (Wildman–Crippen MR) is 61.3 cm³/mol. The van der Waals surface area contributed by atoms with Gasteiger partial charge in [-0.2, -0.15) is 0 Å². The van der Waals surface area contributed by atoms with Gasteiger partial charge < -0.3 is 5.11 Å². The van der Waals surface area contributed by atoms with Gasteiger partial charge in [0.15, 0.2) is 0 Å². The van der Waals surface area contributed by atoms with Crippen LogP contribution in [0.4, 0.5) is 0 Å². The lowest BCUT2D eigenvalue weighted by Crippen LogP contribution is -1.89. The van der Waals surface area contributed by atoms with Crippen molar-refractivity contribution in [1.82, 2.24) is 0 Å². The summed E-state index contributed by atoms with van der Waals surface area (Å²) in [5.41, 5.74) is 4.86. The van der Waals surface area contributed by atoms with Crippen molar-refractivity contribution in [2.75, 3.05) is 6.61 Å². The Kier molecular flexibility index (Phi) is 3.90. The molecule has 0 atom stereocenters. The van der Waals surface area contributed by atoms with Gasteiger partial charge in [-0.1, -0.05) is 31.2 Å². The van der Waals surface area contributed by atoms with Crippen LogP contribution in [0.2, 0.25) is 0 Å². The Morgan fingerprint density at radius 2 is 2.00 bits per heavy atom. The Labute approximate surface area is 86.1 Å².